The van der Waals surface area contributed by atoms with Crippen molar-refractivity contribution in [3.05, 3.63) is 42.0 Å². The third kappa shape index (κ3) is 2.88. The van der Waals surface area contributed by atoms with Crippen molar-refractivity contribution in [1.82, 2.24) is 9.55 Å². The largest absolute Gasteiger partial charge is 0.493 e. The fourth-order valence-corrected chi connectivity index (χ4v) is 1.95. The van der Waals surface area contributed by atoms with Crippen LogP contribution in [0.15, 0.2) is 30.6 Å². The van der Waals surface area contributed by atoms with Gasteiger partial charge in [0.15, 0.2) is 17.6 Å². The third-order valence-corrected chi connectivity index (χ3v) is 2.99. The molecule has 0 aliphatic rings. The van der Waals surface area contributed by atoms with Gasteiger partial charge in [0.05, 0.1) is 7.11 Å². The first-order valence-electron chi connectivity index (χ1n) is 6.16. The van der Waals surface area contributed by atoms with Gasteiger partial charge in [0.1, 0.15) is 5.82 Å². The van der Waals surface area contributed by atoms with Crippen molar-refractivity contribution >= 4 is 0 Å². The molecule has 0 fully saturated rings. The number of aryl methyl sites for hydroxylation is 1. The number of ether oxygens (including phenoxy) is 2. The molecule has 0 radical (unpaired) electrons. The van der Waals surface area contributed by atoms with Gasteiger partial charge in [0.2, 0.25) is 0 Å². The highest BCUT2D eigenvalue weighted by atomic mass is 16.5. The standard InChI is InChI=1S/C14H19N3O2/c1-10(14-16-6-7-17(14)2)19-13-8-11(9-15)4-5-12(13)18-3/h4-8,10H,9,15H2,1-3H3. The summed E-state index contributed by atoms with van der Waals surface area (Å²) in [7, 11) is 3.56. The Balaban J connectivity index is 2.24. The highest BCUT2D eigenvalue weighted by Gasteiger charge is 2.15. The van der Waals surface area contributed by atoms with E-state index in [9.17, 15) is 0 Å². The quantitative estimate of drug-likeness (QED) is 0.894. The lowest BCUT2D eigenvalue weighted by molar-refractivity contribution is 0.203. The summed E-state index contributed by atoms with van der Waals surface area (Å²) in [6.45, 7) is 2.42. The highest BCUT2D eigenvalue weighted by molar-refractivity contribution is 5.43. The van der Waals surface area contributed by atoms with Crippen LogP contribution in [-0.4, -0.2) is 16.7 Å². The predicted octanol–water partition coefficient (Wildman–Crippen LogP) is 2.03. The van der Waals surface area contributed by atoms with Gasteiger partial charge in [-0.25, -0.2) is 4.98 Å². The first kappa shape index (κ1) is 13.4. The van der Waals surface area contributed by atoms with Gasteiger partial charge in [-0.3, -0.25) is 0 Å². The molecule has 19 heavy (non-hydrogen) atoms. The van der Waals surface area contributed by atoms with Crippen molar-refractivity contribution in [2.75, 3.05) is 7.11 Å². The molecule has 5 nitrogen and oxygen atoms in total. The molecule has 2 rings (SSSR count). The zero-order valence-electron chi connectivity index (χ0n) is 11.5. The van der Waals surface area contributed by atoms with Crippen LogP contribution in [0, 0.1) is 0 Å². The zero-order valence-corrected chi connectivity index (χ0v) is 11.5. The Morgan fingerprint density at radius 1 is 1.37 bits per heavy atom. The van der Waals surface area contributed by atoms with E-state index in [-0.39, 0.29) is 6.10 Å². The molecule has 5 heteroatoms. The van der Waals surface area contributed by atoms with Crippen LogP contribution in [0.1, 0.15) is 24.4 Å². The molecule has 0 saturated carbocycles. The summed E-state index contributed by atoms with van der Waals surface area (Å²) in [5.74, 6) is 2.24. The molecule has 0 aliphatic heterocycles. The number of benzene rings is 1. The van der Waals surface area contributed by atoms with E-state index in [1.54, 1.807) is 13.3 Å². The van der Waals surface area contributed by atoms with Crippen LogP contribution in [0.2, 0.25) is 0 Å². The fourth-order valence-electron chi connectivity index (χ4n) is 1.95. The Morgan fingerprint density at radius 2 is 2.16 bits per heavy atom. The van der Waals surface area contributed by atoms with Gasteiger partial charge in [-0.05, 0) is 24.6 Å². The predicted molar refractivity (Wildman–Crippen MR) is 73.1 cm³/mol. The topological polar surface area (TPSA) is 62.3 Å². The summed E-state index contributed by atoms with van der Waals surface area (Å²) >= 11 is 0. The maximum atomic E-state index is 5.94. The van der Waals surface area contributed by atoms with Crippen LogP contribution < -0.4 is 15.2 Å². The lowest BCUT2D eigenvalue weighted by Crippen LogP contribution is -2.10. The maximum absolute atomic E-state index is 5.94. The summed E-state index contributed by atoms with van der Waals surface area (Å²) in [6, 6.07) is 5.69. The van der Waals surface area contributed by atoms with Crippen molar-refractivity contribution in [1.29, 1.82) is 0 Å². The number of nitrogens with two attached hydrogens (primary N) is 1. The maximum Gasteiger partial charge on any atom is 0.162 e. The molecule has 1 aromatic heterocycles. The number of aromatic nitrogens is 2. The van der Waals surface area contributed by atoms with E-state index in [0.29, 0.717) is 18.0 Å². The number of hydrogen-bond donors (Lipinski definition) is 1. The average molecular weight is 261 g/mol. The molecule has 0 bridgehead atoms. The van der Waals surface area contributed by atoms with E-state index in [0.717, 1.165) is 11.4 Å². The molecule has 1 aromatic carbocycles. The van der Waals surface area contributed by atoms with Gasteiger partial charge in [-0.1, -0.05) is 6.07 Å². The number of rotatable bonds is 5. The van der Waals surface area contributed by atoms with E-state index >= 15 is 0 Å². The summed E-state index contributed by atoms with van der Waals surface area (Å²) in [5, 5.41) is 0. The van der Waals surface area contributed by atoms with Crippen molar-refractivity contribution in [3.8, 4) is 11.5 Å². The second kappa shape index (κ2) is 5.75. The third-order valence-electron chi connectivity index (χ3n) is 2.99. The molecular weight excluding hydrogens is 242 g/mol. The minimum Gasteiger partial charge on any atom is -0.493 e. The summed E-state index contributed by atoms with van der Waals surface area (Å²) < 4.78 is 13.2. The van der Waals surface area contributed by atoms with Crippen molar-refractivity contribution in [2.24, 2.45) is 12.8 Å². The van der Waals surface area contributed by atoms with Crippen LogP contribution in [-0.2, 0) is 13.6 Å². The molecule has 1 unspecified atom stereocenters. The Kier molecular flexibility index (Phi) is 4.06. The Morgan fingerprint density at radius 3 is 2.74 bits per heavy atom. The van der Waals surface area contributed by atoms with E-state index in [4.69, 9.17) is 15.2 Å². The van der Waals surface area contributed by atoms with Crippen LogP contribution in [0.4, 0.5) is 0 Å². The van der Waals surface area contributed by atoms with Crippen LogP contribution in [0.3, 0.4) is 0 Å². The average Bonchev–Trinajstić information content (AvgIpc) is 2.85. The lowest BCUT2D eigenvalue weighted by Gasteiger charge is -2.17. The molecular formula is C14H19N3O2. The van der Waals surface area contributed by atoms with Gasteiger partial charge < -0.3 is 19.8 Å². The van der Waals surface area contributed by atoms with Crippen molar-refractivity contribution in [3.63, 3.8) is 0 Å². The van der Waals surface area contributed by atoms with Gasteiger partial charge in [-0.2, -0.15) is 0 Å². The highest BCUT2D eigenvalue weighted by Crippen LogP contribution is 2.31. The first-order valence-corrected chi connectivity index (χ1v) is 6.16. The first-order chi connectivity index (χ1) is 9.15. The van der Waals surface area contributed by atoms with Crippen LogP contribution in [0.5, 0.6) is 11.5 Å². The number of hydrogen-bond acceptors (Lipinski definition) is 4. The fraction of sp³-hybridized carbons (Fsp3) is 0.357. The van der Waals surface area contributed by atoms with E-state index in [1.165, 1.54) is 0 Å². The second-order valence-corrected chi connectivity index (χ2v) is 4.35. The Labute approximate surface area is 113 Å². The molecule has 0 aliphatic carbocycles. The smallest absolute Gasteiger partial charge is 0.162 e. The minimum absolute atomic E-state index is 0.165. The normalized spacial score (nSPS) is 12.2. The summed E-state index contributed by atoms with van der Waals surface area (Å²) in [6.07, 6.45) is 3.48. The van der Waals surface area contributed by atoms with Gasteiger partial charge in [-0.15, -0.1) is 0 Å². The van der Waals surface area contributed by atoms with Gasteiger partial charge in [0.25, 0.3) is 0 Å². The molecule has 1 heterocycles. The molecule has 102 valence electrons. The van der Waals surface area contributed by atoms with Crippen molar-refractivity contribution in [2.45, 2.75) is 19.6 Å². The minimum atomic E-state index is -0.165. The van der Waals surface area contributed by atoms with Crippen molar-refractivity contribution < 1.29 is 9.47 Å². The molecule has 0 saturated heterocycles. The second-order valence-electron chi connectivity index (χ2n) is 4.35. The van der Waals surface area contributed by atoms with E-state index in [1.807, 2.05) is 42.9 Å². The molecule has 0 spiro atoms. The molecule has 2 N–H and O–H groups in total. The molecule has 0 amide bonds. The lowest BCUT2D eigenvalue weighted by atomic mass is 10.2. The van der Waals surface area contributed by atoms with Crippen LogP contribution in [0.25, 0.3) is 0 Å². The van der Waals surface area contributed by atoms with Gasteiger partial charge >= 0.3 is 0 Å². The number of nitrogens with zero attached hydrogens (tertiary/aromatic N) is 2. The summed E-state index contributed by atoms with van der Waals surface area (Å²) in [5.41, 5.74) is 6.65. The Hall–Kier alpha value is -2.01. The number of methoxy groups -OCH3 is 1. The van der Waals surface area contributed by atoms with E-state index < -0.39 is 0 Å². The monoisotopic (exact) mass is 261 g/mol. The summed E-state index contributed by atoms with van der Waals surface area (Å²) in [4.78, 5) is 4.28. The SMILES string of the molecule is COc1ccc(CN)cc1OC(C)c1nccn1C. The number of imidazole rings is 1. The Bertz CT molecular complexity index is 551. The molecule has 1 atom stereocenters. The zero-order chi connectivity index (χ0) is 13.8. The van der Waals surface area contributed by atoms with Gasteiger partial charge in [0, 0.05) is 26.0 Å². The molecule has 2 aromatic rings. The van der Waals surface area contributed by atoms with Crippen LogP contribution >= 0.6 is 0 Å². The van der Waals surface area contributed by atoms with E-state index in [2.05, 4.69) is 4.98 Å².